The number of esters is 1. The molecule has 9 nitrogen and oxygen atoms in total. The molecule has 3 aromatic rings. The minimum atomic E-state index is -4.82. The lowest BCUT2D eigenvalue weighted by Crippen LogP contribution is -2.33. The van der Waals surface area contributed by atoms with Gasteiger partial charge in [-0.25, -0.2) is 8.42 Å². The molecule has 1 aliphatic rings. The number of sulfonamides is 1. The van der Waals surface area contributed by atoms with Gasteiger partial charge in [0, 0.05) is 18.3 Å². The van der Waals surface area contributed by atoms with Crippen molar-refractivity contribution in [3.8, 4) is 17.2 Å². The summed E-state index contributed by atoms with van der Waals surface area (Å²) in [6, 6.07) is 8.14. The van der Waals surface area contributed by atoms with Gasteiger partial charge in [0.1, 0.15) is 23.8 Å². The zero-order valence-corrected chi connectivity index (χ0v) is 22.5. The molecular weight excluding hydrogens is 563 g/mol. The molecule has 1 heterocycles. The smallest absolute Gasteiger partial charge is 0.465 e. The van der Waals surface area contributed by atoms with Gasteiger partial charge in [0.15, 0.2) is 0 Å². The van der Waals surface area contributed by atoms with Crippen LogP contribution >= 0.6 is 11.6 Å². The highest BCUT2D eigenvalue weighted by Gasteiger charge is 2.35. The second-order valence-electron chi connectivity index (χ2n) is 8.65. The number of nitrogens with zero attached hydrogens (tertiary/aromatic N) is 3. The second-order valence-corrected chi connectivity index (χ2v) is 11.1. The summed E-state index contributed by atoms with van der Waals surface area (Å²) in [7, 11) is -2.52. The molecule has 1 atom stereocenters. The van der Waals surface area contributed by atoms with Crippen molar-refractivity contribution in [1.29, 1.82) is 0 Å². The zero-order chi connectivity index (χ0) is 28.4. The standard InChI is InChI=1S/C25H25ClF3N3O6S/c1-3-36-24(33)15-32-22-6-4-5-21(19(22)14-30-32)31(2)39(34,35)18-11-12-23(20(26)13-18)37-16-7-9-17(10-8-16)38-25(27,28)29/h7-14,21H,3-6,15H2,1-2H3. The van der Waals surface area contributed by atoms with Crippen molar-refractivity contribution < 1.29 is 40.6 Å². The molecule has 0 aliphatic heterocycles. The van der Waals surface area contributed by atoms with Crippen LogP contribution in [0.1, 0.15) is 37.1 Å². The van der Waals surface area contributed by atoms with Crippen molar-refractivity contribution in [2.75, 3.05) is 13.7 Å². The van der Waals surface area contributed by atoms with Crippen LogP contribution in [0, 0.1) is 0 Å². The topological polar surface area (TPSA) is 100.0 Å². The number of carbonyl (C=O) groups is 1. The molecule has 210 valence electrons. The van der Waals surface area contributed by atoms with Crippen LogP contribution in [0.15, 0.2) is 53.6 Å². The van der Waals surface area contributed by atoms with E-state index in [1.165, 1.54) is 41.7 Å². The van der Waals surface area contributed by atoms with Crippen LogP contribution in [0.4, 0.5) is 13.2 Å². The van der Waals surface area contributed by atoms with Crippen LogP contribution in [0.5, 0.6) is 17.2 Å². The predicted molar refractivity (Wildman–Crippen MR) is 134 cm³/mol. The van der Waals surface area contributed by atoms with Gasteiger partial charge in [-0.15, -0.1) is 13.2 Å². The summed E-state index contributed by atoms with van der Waals surface area (Å²) in [5.74, 6) is -0.548. The Morgan fingerprint density at radius 3 is 2.51 bits per heavy atom. The third kappa shape index (κ3) is 6.65. The van der Waals surface area contributed by atoms with E-state index in [-0.39, 0.29) is 34.6 Å². The summed E-state index contributed by atoms with van der Waals surface area (Å²) in [6.07, 6.45) is -1.31. The molecule has 0 bridgehead atoms. The summed E-state index contributed by atoms with van der Waals surface area (Å²) in [5.41, 5.74) is 1.51. The first kappa shape index (κ1) is 28.7. The third-order valence-corrected chi connectivity index (χ3v) is 8.28. The van der Waals surface area contributed by atoms with Crippen molar-refractivity contribution in [3.05, 3.63) is 64.9 Å². The predicted octanol–water partition coefficient (Wildman–Crippen LogP) is 5.49. The van der Waals surface area contributed by atoms with Crippen LogP contribution in [-0.4, -0.2) is 48.5 Å². The average Bonchev–Trinajstić information content (AvgIpc) is 3.28. The summed E-state index contributed by atoms with van der Waals surface area (Å²) in [6.45, 7) is 1.91. The van der Waals surface area contributed by atoms with E-state index in [9.17, 15) is 26.4 Å². The molecule has 2 aromatic carbocycles. The number of aromatic nitrogens is 2. The van der Waals surface area contributed by atoms with E-state index in [0.29, 0.717) is 19.3 Å². The van der Waals surface area contributed by atoms with Crippen LogP contribution < -0.4 is 9.47 Å². The second kappa shape index (κ2) is 11.4. The van der Waals surface area contributed by atoms with E-state index in [1.54, 1.807) is 17.8 Å². The number of carbonyl (C=O) groups excluding carboxylic acids is 1. The van der Waals surface area contributed by atoms with Crippen LogP contribution in [0.3, 0.4) is 0 Å². The van der Waals surface area contributed by atoms with Gasteiger partial charge in [0.05, 0.1) is 28.8 Å². The molecule has 0 saturated heterocycles. The molecule has 0 amide bonds. The van der Waals surface area contributed by atoms with Gasteiger partial charge < -0.3 is 14.2 Å². The maximum absolute atomic E-state index is 13.5. The van der Waals surface area contributed by atoms with Crippen molar-refractivity contribution >= 4 is 27.6 Å². The molecule has 1 aliphatic carbocycles. The number of alkyl halides is 3. The van der Waals surface area contributed by atoms with E-state index in [4.69, 9.17) is 21.1 Å². The Balaban J connectivity index is 1.50. The summed E-state index contributed by atoms with van der Waals surface area (Å²) >= 11 is 6.31. The zero-order valence-electron chi connectivity index (χ0n) is 20.9. The Morgan fingerprint density at radius 1 is 1.18 bits per heavy atom. The fourth-order valence-corrected chi connectivity index (χ4v) is 6.01. The highest BCUT2D eigenvalue weighted by molar-refractivity contribution is 7.89. The van der Waals surface area contributed by atoms with Crippen LogP contribution in [0.25, 0.3) is 0 Å². The monoisotopic (exact) mass is 587 g/mol. The lowest BCUT2D eigenvalue weighted by Gasteiger charge is -2.31. The van der Waals surface area contributed by atoms with Crippen molar-refractivity contribution in [2.24, 2.45) is 0 Å². The highest BCUT2D eigenvalue weighted by atomic mass is 35.5. The van der Waals surface area contributed by atoms with Crippen molar-refractivity contribution in [1.82, 2.24) is 14.1 Å². The van der Waals surface area contributed by atoms with Crippen LogP contribution in [-0.2, 0) is 32.5 Å². The number of halogens is 4. The lowest BCUT2D eigenvalue weighted by molar-refractivity contribution is -0.274. The van der Waals surface area contributed by atoms with Gasteiger partial charge in [0.25, 0.3) is 0 Å². The van der Waals surface area contributed by atoms with Crippen molar-refractivity contribution in [3.63, 3.8) is 0 Å². The fraction of sp³-hybridized carbons (Fsp3) is 0.360. The molecule has 0 fully saturated rings. The molecule has 4 rings (SSSR count). The summed E-state index contributed by atoms with van der Waals surface area (Å²) in [5, 5.41) is 4.28. The number of rotatable bonds is 9. The van der Waals surface area contributed by atoms with Gasteiger partial charge in [-0.2, -0.15) is 9.40 Å². The molecule has 0 N–H and O–H groups in total. The summed E-state index contributed by atoms with van der Waals surface area (Å²) in [4.78, 5) is 11.9. The van der Waals surface area contributed by atoms with Gasteiger partial charge in [0.2, 0.25) is 10.0 Å². The first-order valence-corrected chi connectivity index (χ1v) is 13.7. The Labute approximate surface area is 228 Å². The SMILES string of the molecule is CCOC(=O)Cn1ncc2c1CCCC2N(C)S(=O)(=O)c1ccc(Oc2ccc(OC(F)(F)F)cc2)c(Cl)c1. The molecule has 1 aromatic heterocycles. The maximum Gasteiger partial charge on any atom is 0.573 e. The molecule has 0 radical (unpaired) electrons. The number of ether oxygens (including phenoxy) is 3. The van der Waals surface area contributed by atoms with Gasteiger partial charge >= 0.3 is 12.3 Å². The minimum Gasteiger partial charge on any atom is -0.465 e. The molecular formula is C25H25ClF3N3O6S. The fourth-order valence-electron chi connectivity index (χ4n) is 4.33. The Hall–Kier alpha value is -3.29. The van der Waals surface area contributed by atoms with Crippen LogP contribution in [0.2, 0.25) is 5.02 Å². The van der Waals surface area contributed by atoms with Gasteiger partial charge in [-0.1, -0.05) is 11.6 Å². The average molecular weight is 588 g/mol. The molecule has 14 heteroatoms. The summed E-state index contributed by atoms with van der Waals surface area (Å²) < 4.78 is 81.3. The highest BCUT2D eigenvalue weighted by Crippen LogP contribution is 2.38. The maximum atomic E-state index is 13.5. The van der Waals surface area contributed by atoms with E-state index in [2.05, 4.69) is 9.84 Å². The van der Waals surface area contributed by atoms with Gasteiger partial charge in [-0.3, -0.25) is 9.48 Å². The third-order valence-electron chi connectivity index (χ3n) is 6.12. The number of hydrogen-bond acceptors (Lipinski definition) is 7. The Kier molecular flexibility index (Phi) is 8.42. The molecule has 0 saturated carbocycles. The molecule has 0 spiro atoms. The van der Waals surface area contributed by atoms with E-state index in [0.717, 1.165) is 23.4 Å². The lowest BCUT2D eigenvalue weighted by atomic mass is 9.93. The first-order valence-electron chi connectivity index (χ1n) is 11.9. The van der Waals surface area contributed by atoms with E-state index >= 15 is 0 Å². The molecule has 39 heavy (non-hydrogen) atoms. The largest absolute Gasteiger partial charge is 0.573 e. The van der Waals surface area contributed by atoms with Crippen molar-refractivity contribution in [2.45, 2.75) is 50.0 Å². The minimum absolute atomic E-state index is 0.00770. The van der Waals surface area contributed by atoms with E-state index in [1.807, 2.05) is 0 Å². The van der Waals surface area contributed by atoms with E-state index < -0.39 is 34.1 Å². The Morgan fingerprint density at radius 2 is 1.87 bits per heavy atom. The molecule has 1 unspecified atom stereocenters. The number of benzene rings is 2. The normalized spacial score (nSPS) is 15.6. The Bertz CT molecular complexity index is 1440. The number of hydrogen-bond donors (Lipinski definition) is 0. The van der Waals surface area contributed by atoms with Gasteiger partial charge in [-0.05, 0) is 68.7 Å². The first-order chi connectivity index (χ1) is 18.4. The number of fused-ring (bicyclic) bond motifs is 1. The quantitative estimate of drug-likeness (QED) is 0.305.